The van der Waals surface area contributed by atoms with Crippen molar-refractivity contribution in [3.63, 3.8) is 0 Å². The van der Waals surface area contributed by atoms with E-state index in [1.165, 1.54) is 6.07 Å². The minimum Gasteiger partial charge on any atom is -0.343 e. The molecule has 0 atom stereocenters. The molecule has 2 nitrogen and oxygen atoms in total. The first-order chi connectivity index (χ1) is 7.99. The average Bonchev–Trinajstić information content (AvgIpc) is 2.24. The molecule has 2 aromatic rings. The molecule has 1 aromatic heterocycles. The van der Waals surface area contributed by atoms with Crippen molar-refractivity contribution in [3.05, 3.63) is 46.1 Å². The summed E-state index contributed by atoms with van der Waals surface area (Å²) in [5.74, 6) is -3.51. The van der Waals surface area contributed by atoms with Crippen LogP contribution < -0.4 is 0 Å². The number of H-pyrrole nitrogens is 1. The molecule has 1 heterocycles. The molecular formula is C11H7F3N2S. The first-order valence-electron chi connectivity index (χ1n) is 4.71. The van der Waals surface area contributed by atoms with Gasteiger partial charge in [-0.3, -0.25) is 0 Å². The van der Waals surface area contributed by atoms with Gasteiger partial charge in [0.2, 0.25) is 0 Å². The number of aromatic amines is 1. The maximum atomic E-state index is 13.5. The Morgan fingerprint density at radius 2 is 1.88 bits per heavy atom. The number of hydrogen-bond acceptors (Lipinski definition) is 2. The first kappa shape index (κ1) is 11.8. The molecule has 0 unspecified atom stereocenters. The smallest absolute Gasteiger partial charge is 0.195 e. The van der Waals surface area contributed by atoms with Crippen molar-refractivity contribution in [1.82, 2.24) is 9.97 Å². The molecule has 0 aliphatic rings. The van der Waals surface area contributed by atoms with E-state index in [2.05, 4.69) is 9.97 Å². The van der Waals surface area contributed by atoms with Gasteiger partial charge in [-0.2, -0.15) is 0 Å². The van der Waals surface area contributed by atoms with Gasteiger partial charge in [-0.1, -0.05) is 12.2 Å². The fraction of sp³-hybridized carbons (Fsp3) is 0.0909. The van der Waals surface area contributed by atoms with Crippen LogP contribution in [0.25, 0.3) is 11.3 Å². The number of halogens is 3. The predicted octanol–water partition coefficient (Wildman–Crippen LogP) is 3.53. The second-order valence-electron chi connectivity index (χ2n) is 3.44. The minimum absolute atomic E-state index is 0.0829. The molecular weight excluding hydrogens is 249 g/mol. The zero-order valence-corrected chi connectivity index (χ0v) is 9.54. The third-order valence-corrected chi connectivity index (χ3v) is 2.40. The van der Waals surface area contributed by atoms with E-state index >= 15 is 0 Å². The molecule has 0 aliphatic carbocycles. The topological polar surface area (TPSA) is 28.7 Å². The lowest BCUT2D eigenvalue weighted by molar-refractivity contribution is 0.449. The van der Waals surface area contributed by atoms with Crippen molar-refractivity contribution < 1.29 is 13.2 Å². The molecule has 0 bridgehead atoms. The van der Waals surface area contributed by atoms with Gasteiger partial charge in [-0.25, -0.2) is 18.2 Å². The zero-order valence-electron chi connectivity index (χ0n) is 8.72. The lowest BCUT2D eigenvalue weighted by Crippen LogP contribution is -1.97. The Bertz CT molecular complexity index is 637. The lowest BCUT2D eigenvalue weighted by atomic mass is 10.1. The highest BCUT2D eigenvalue weighted by Crippen LogP contribution is 2.24. The van der Waals surface area contributed by atoms with Crippen LogP contribution in [0, 0.1) is 29.0 Å². The summed E-state index contributed by atoms with van der Waals surface area (Å²) in [6, 6.07) is 3.40. The molecule has 0 radical (unpaired) electrons. The Hall–Kier alpha value is -1.69. The van der Waals surface area contributed by atoms with Crippen molar-refractivity contribution >= 4 is 12.2 Å². The number of hydrogen-bond donors (Lipinski definition) is 1. The second kappa shape index (κ2) is 4.29. The van der Waals surface area contributed by atoms with Crippen LogP contribution in [0.3, 0.4) is 0 Å². The largest absolute Gasteiger partial charge is 0.343 e. The monoisotopic (exact) mass is 256 g/mol. The Morgan fingerprint density at radius 3 is 2.53 bits per heavy atom. The molecule has 88 valence electrons. The van der Waals surface area contributed by atoms with E-state index in [0.717, 1.165) is 12.1 Å². The van der Waals surface area contributed by atoms with Crippen molar-refractivity contribution in [1.29, 1.82) is 0 Å². The van der Waals surface area contributed by atoms with Gasteiger partial charge in [0.05, 0.1) is 5.69 Å². The number of benzene rings is 1. The minimum atomic E-state index is -1.50. The van der Waals surface area contributed by atoms with Crippen molar-refractivity contribution in [2.75, 3.05) is 0 Å². The molecule has 6 heteroatoms. The quantitative estimate of drug-likeness (QED) is 0.624. The van der Waals surface area contributed by atoms with Crippen LogP contribution in [0.15, 0.2) is 18.2 Å². The molecule has 0 spiro atoms. The predicted molar refractivity (Wildman–Crippen MR) is 59.5 cm³/mol. The molecule has 0 amide bonds. The van der Waals surface area contributed by atoms with E-state index in [9.17, 15) is 13.2 Å². The zero-order chi connectivity index (χ0) is 12.6. The van der Waals surface area contributed by atoms with Gasteiger partial charge in [0.25, 0.3) is 0 Å². The summed E-state index contributed by atoms with van der Waals surface area (Å²) in [5.41, 5.74) is 0.180. The number of nitrogens with zero attached hydrogens (tertiary/aromatic N) is 1. The summed E-state index contributed by atoms with van der Waals surface area (Å²) in [6.07, 6.45) is 0. The van der Waals surface area contributed by atoms with E-state index in [1.54, 1.807) is 6.92 Å². The highest BCUT2D eigenvalue weighted by Gasteiger charge is 2.15. The summed E-state index contributed by atoms with van der Waals surface area (Å²) in [6.45, 7) is 1.64. The van der Waals surface area contributed by atoms with Gasteiger partial charge >= 0.3 is 0 Å². The van der Waals surface area contributed by atoms with Crippen LogP contribution in [0.1, 0.15) is 5.82 Å². The van der Waals surface area contributed by atoms with E-state index in [4.69, 9.17) is 12.2 Å². The third-order valence-electron chi connectivity index (χ3n) is 2.19. The normalized spacial score (nSPS) is 10.6. The van der Waals surface area contributed by atoms with Crippen LogP contribution in [0.4, 0.5) is 13.2 Å². The summed E-state index contributed by atoms with van der Waals surface area (Å²) in [7, 11) is 0. The van der Waals surface area contributed by atoms with E-state index < -0.39 is 17.5 Å². The summed E-state index contributed by atoms with van der Waals surface area (Å²) in [5, 5.41) is 0. The summed E-state index contributed by atoms with van der Waals surface area (Å²) in [4.78, 5) is 6.64. The lowest BCUT2D eigenvalue weighted by Gasteiger charge is -2.06. The van der Waals surface area contributed by atoms with Gasteiger partial charge in [-0.15, -0.1) is 0 Å². The van der Waals surface area contributed by atoms with E-state index in [0.29, 0.717) is 5.82 Å². The highest BCUT2D eigenvalue weighted by atomic mass is 32.1. The fourth-order valence-electron chi connectivity index (χ4n) is 1.46. The van der Waals surface area contributed by atoms with Crippen LogP contribution in [-0.4, -0.2) is 9.97 Å². The SMILES string of the molecule is Cc1nc(=S)cc(-c2ccc(F)c(F)c2F)[nH]1. The maximum absolute atomic E-state index is 13.5. The number of rotatable bonds is 1. The number of aryl methyl sites for hydroxylation is 1. The Labute approximate surface area is 100 Å². The summed E-state index contributed by atoms with van der Waals surface area (Å²) >= 11 is 4.87. The van der Waals surface area contributed by atoms with E-state index in [1.807, 2.05) is 0 Å². The second-order valence-corrected chi connectivity index (χ2v) is 3.86. The summed E-state index contributed by atoms with van der Waals surface area (Å²) < 4.78 is 39.6. The van der Waals surface area contributed by atoms with Crippen LogP contribution in [0.2, 0.25) is 0 Å². The average molecular weight is 256 g/mol. The van der Waals surface area contributed by atoms with Crippen LogP contribution in [-0.2, 0) is 0 Å². The van der Waals surface area contributed by atoms with Crippen molar-refractivity contribution in [2.45, 2.75) is 6.92 Å². The van der Waals surface area contributed by atoms with Gasteiger partial charge in [0, 0.05) is 5.56 Å². The molecule has 17 heavy (non-hydrogen) atoms. The number of aromatic nitrogens is 2. The number of nitrogens with one attached hydrogen (secondary N) is 1. The van der Waals surface area contributed by atoms with Gasteiger partial charge < -0.3 is 4.98 Å². The van der Waals surface area contributed by atoms with Crippen molar-refractivity contribution in [3.8, 4) is 11.3 Å². The molecule has 0 aliphatic heterocycles. The maximum Gasteiger partial charge on any atom is 0.195 e. The Balaban J connectivity index is 2.69. The molecule has 0 fully saturated rings. The van der Waals surface area contributed by atoms with E-state index in [-0.39, 0.29) is 15.9 Å². The van der Waals surface area contributed by atoms with Crippen LogP contribution in [0.5, 0.6) is 0 Å². The highest BCUT2D eigenvalue weighted by molar-refractivity contribution is 7.71. The molecule has 1 aromatic carbocycles. The molecule has 1 N–H and O–H groups in total. The van der Waals surface area contributed by atoms with Crippen molar-refractivity contribution in [2.24, 2.45) is 0 Å². The molecule has 0 saturated carbocycles. The van der Waals surface area contributed by atoms with Gasteiger partial charge in [-0.05, 0) is 25.1 Å². The van der Waals surface area contributed by atoms with Gasteiger partial charge in [0.1, 0.15) is 10.5 Å². The third kappa shape index (κ3) is 2.21. The first-order valence-corrected chi connectivity index (χ1v) is 5.11. The standard InChI is InChI=1S/C11H7F3N2S/c1-5-15-8(4-9(17)16-5)6-2-3-7(12)11(14)10(6)13/h2-4H,1H3,(H,15,16,17). The fourth-order valence-corrected chi connectivity index (χ4v) is 1.71. The Morgan fingerprint density at radius 1 is 1.18 bits per heavy atom. The molecule has 0 saturated heterocycles. The van der Waals surface area contributed by atoms with Gasteiger partial charge in [0.15, 0.2) is 17.5 Å². The van der Waals surface area contributed by atoms with Crippen LogP contribution >= 0.6 is 12.2 Å². The Kier molecular flexibility index (Phi) is 2.97. The molecule has 2 rings (SSSR count).